The lowest BCUT2D eigenvalue weighted by atomic mass is 10.1. The van der Waals surface area contributed by atoms with Crippen LogP contribution >= 0.6 is 0 Å². The molecule has 1 aliphatic rings. The molecule has 0 aromatic heterocycles. The fraction of sp³-hybridized carbons (Fsp3) is 0.500. The molecule has 1 amide bonds. The number of hydrogen-bond acceptors (Lipinski definition) is 5. The van der Waals surface area contributed by atoms with Gasteiger partial charge >= 0.3 is 0 Å². The van der Waals surface area contributed by atoms with Crippen LogP contribution in [0.25, 0.3) is 0 Å². The molecule has 1 aliphatic heterocycles. The van der Waals surface area contributed by atoms with Crippen LogP contribution in [-0.4, -0.2) is 53.1 Å². The number of nitro benzene ring substituents is 1. The van der Waals surface area contributed by atoms with Crippen molar-refractivity contribution < 1.29 is 14.8 Å². The Kier molecular flexibility index (Phi) is 4.42. The van der Waals surface area contributed by atoms with Crippen molar-refractivity contribution in [1.82, 2.24) is 4.90 Å². The lowest BCUT2D eigenvalue weighted by Crippen LogP contribution is -2.51. The lowest BCUT2D eigenvalue weighted by molar-refractivity contribution is -0.384. The van der Waals surface area contributed by atoms with Crippen LogP contribution in [0, 0.1) is 17.0 Å². The first-order valence-electron chi connectivity index (χ1n) is 6.87. The summed E-state index contributed by atoms with van der Waals surface area (Å²) in [4.78, 5) is 25.8. The molecule has 0 spiro atoms. The topological polar surface area (TPSA) is 86.9 Å². The van der Waals surface area contributed by atoms with Gasteiger partial charge in [0.15, 0.2) is 0 Å². The fourth-order valence-electron chi connectivity index (χ4n) is 2.54. The minimum Gasteiger partial charge on any atom is -0.384 e. The van der Waals surface area contributed by atoms with Crippen molar-refractivity contribution in [3.8, 4) is 0 Å². The summed E-state index contributed by atoms with van der Waals surface area (Å²) in [5, 5.41) is 20.1. The number of aliphatic hydroxyl groups excluding tert-OH is 1. The third kappa shape index (κ3) is 3.30. The summed E-state index contributed by atoms with van der Waals surface area (Å²) < 4.78 is 0. The summed E-state index contributed by atoms with van der Waals surface area (Å²) in [6, 6.07) is 4.80. The van der Waals surface area contributed by atoms with Gasteiger partial charge in [-0.3, -0.25) is 14.9 Å². The number of piperazine rings is 1. The first kappa shape index (κ1) is 15.2. The van der Waals surface area contributed by atoms with Crippen molar-refractivity contribution in [2.45, 2.75) is 20.0 Å². The Morgan fingerprint density at radius 1 is 1.33 bits per heavy atom. The SMILES string of the molecule is Cc1cc([N+](=O)[O-])ccc1N1CCN(C(=O)C(C)O)CC1. The van der Waals surface area contributed by atoms with E-state index in [0.717, 1.165) is 11.3 Å². The van der Waals surface area contributed by atoms with E-state index in [-0.39, 0.29) is 11.6 Å². The standard InChI is InChI=1S/C14H19N3O4/c1-10-9-12(17(20)21)3-4-13(10)15-5-7-16(8-6-15)14(19)11(2)18/h3-4,9,11,18H,5-8H2,1-2H3. The van der Waals surface area contributed by atoms with Crippen molar-refractivity contribution >= 4 is 17.3 Å². The fourth-order valence-corrected chi connectivity index (χ4v) is 2.54. The van der Waals surface area contributed by atoms with E-state index in [4.69, 9.17) is 0 Å². The molecule has 114 valence electrons. The molecule has 1 aromatic carbocycles. The van der Waals surface area contributed by atoms with E-state index in [9.17, 15) is 20.0 Å². The number of aryl methyl sites for hydroxylation is 1. The Bertz CT molecular complexity index is 551. The van der Waals surface area contributed by atoms with Crippen LogP contribution in [0.4, 0.5) is 11.4 Å². The molecule has 1 heterocycles. The number of non-ortho nitro benzene ring substituents is 1. The molecule has 7 heteroatoms. The summed E-state index contributed by atoms with van der Waals surface area (Å²) in [5.74, 6) is -0.255. The number of nitro groups is 1. The summed E-state index contributed by atoms with van der Waals surface area (Å²) in [6.45, 7) is 5.69. The average molecular weight is 293 g/mol. The van der Waals surface area contributed by atoms with E-state index >= 15 is 0 Å². The summed E-state index contributed by atoms with van der Waals surface area (Å²) in [7, 11) is 0. The lowest BCUT2D eigenvalue weighted by Gasteiger charge is -2.37. The van der Waals surface area contributed by atoms with Gasteiger partial charge in [-0.1, -0.05) is 0 Å². The Morgan fingerprint density at radius 2 is 1.95 bits per heavy atom. The predicted molar refractivity (Wildman–Crippen MR) is 78.3 cm³/mol. The number of anilines is 1. The zero-order valence-corrected chi connectivity index (χ0v) is 12.2. The van der Waals surface area contributed by atoms with Gasteiger partial charge in [0.25, 0.3) is 11.6 Å². The van der Waals surface area contributed by atoms with Gasteiger partial charge in [0.2, 0.25) is 0 Å². The number of nitrogens with zero attached hydrogens (tertiary/aromatic N) is 3. The van der Waals surface area contributed by atoms with Gasteiger partial charge < -0.3 is 14.9 Å². The zero-order chi connectivity index (χ0) is 15.6. The molecule has 0 saturated carbocycles. The van der Waals surface area contributed by atoms with Crippen LogP contribution < -0.4 is 4.90 Å². The molecule has 0 bridgehead atoms. The highest BCUT2D eigenvalue weighted by atomic mass is 16.6. The van der Waals surface area contributed by atoms with Crippen molar-refractivity contribution in [3.63, 3.8) is 0 Å². The van der Waals surface area contributed by atoms with E-state index in [2.05, 4.69) is 4.90 Å². The second-order valence-corrected chi connectivity index (χ2v) is 5.22. The molecule has 7 nitrogen and oxygen atoms in total. The maximum atomic E-state index is 11.7. The normalized spacial score (nSPS) is 16.7. The Balaban J connectivity index is 2.06. The monoisotopic (exact) mass is 293 g/mol. The van der Waals surface area contributed by atoms with E-state index in [0.29, 0.717) is 26.2 Å². The van der Waals surface area contributed by atoms with Crippen LogP contribution in [0.15, 0.2) is 18.2 Å². The third-order valence-corrected chi connectivity index (χ3v) is 3.68. The van der Waals surface area contributed by atoms with Gasteiger partial charge in [-0.2, -0.15) is 0 Å². The number of carbonyl (C=O) groups is 1. The molecule has 1 unspecified atom stereocenters. The quantitative estimate of drug-likeness (QED) is 0.662. The van der Waals surface area contributed by atoms with E-state index in [1.165, 1.54) is 13.0 Å². The molecule has 1 fully saturated rings. The first-order chi connectivity index (χ1) is 9.90. The summed E-state index contributed by atoms with van der Waals surface area (Å²) in [5.41, 5.74) is 1.88. The van der Waals surface area contributed by atoms with E-state index in [1.54, 1.807) is 17.0 Å². The molecule has 2 rings (SSSR count). The number of carbonyl (C=O) groups excluding carboxylic acids is 1. The smallest absolute Gasteiger partial charge is 0.269 e. The maximum Gasteiger partial charge on any atom is 0.269 e. The highest BCUT2D eigenvalue weighted by Crippen LogP contribution is 2.25. The number of hydrogen-bond donors (Lipinski definition) is 1. The summed E-state index contributed by atoms with van der Waals surface area (Å²) >= 11 is 0. The maximum absolute atomic E-state index is 11.7. The highest BCUT2D eigenvalue weighted by Gasteiger charge is 2.24. The van der Waals surface area contributed by atoms with Crippen molar-refractivity contribution in [1.29, 1.82) is 0 Å². The minimum atomic E-state index is -0.974. The van der Waals surface area contributed by atoms with Gasteiger partial charge in [-0.25, -0.2) is 0 Å². The molecular formula is C14H19N3O4. The second kappa shape index (κ2) is 6.09. The Labute approximate surface area is 122 Å². The summed E-state index contributed by atoms with van der Waals surface area (Å²) in [6.07, 6.45) is -0.974. The number of benzene rings is 1. The van der Waals surface area contributed by atoms with Gasteiger partial charge in [-0.05, 0) is 25.5 Å². The van der Waals surface area contributed by atoms with E-state index in [1.807, 2.05) is 6.92 Å². The van der Waals surface area contributed by atoms with Crippen molar-refractivity contribution in [2.75, 3.05) is 31.1 Å². The van der Waals surface area contributed by atoms with Gasteiger partial charge in [0.05, 0.1) is 4.92 Å². The van der Waals surface area contributed by atoms with Crippen LogP contribution in [0.3, 0.4) is 0 Å². The molecule has 0 aliphatic carbocycles. The Morgan fingerprint density at radius 3 is 2.43 bits per heavy atom. The van der Waals surface area contributed by atoms with Crippen molar-refractivity contribution in [2.24, 2.45) is 0 Å². The number of rotatable bonds is 3. The molecular weight excluding hydrogens is 274 g/mol. The predicted octanol–water partition coefficient (Wildman–Crippen LogP) is 0.933. The Hall–Kier alpha value is -2.15. The zero-order valence-electron chi connectivity index (χ0n) is 12.2. The van der Waals surface area contributed by atoms with Crippen LogP contribution in [0.5, 0.6) is 0 Å². The average Bonchev–Trinajstić information content (AvgIpc) is 2.46. The van der Waals surface area contributed by atoms with Gasteiger partial charge in [0, 0.05) is 44.0 Å². The number of amides is 1. The molecule has 1 atom stereocenters. The molecule has 1 saturated heterocycles. The van der Waals surface area contributed by atoms with Crippen LogP contribution in [0.2, 0.25) is 0 Å². The third-order valence-electron chi connectivity index (χ3n) is 3.68. The van der Waals surface area contributed by atoms with Gasteiger partial charge in [0.1, 0.15) is 6.10 Å². The van der Waals surface area contributed by atoms with Gasteiger partial charge in [-0.15, -0.1) is 0 Å². The largest absolute Gasteiger partial charge is 0.384 e. The van der Waals surface area contributed by atoms with Crippen LogP contribution in [-0.2, 0) is 4.79 Å². The minimum absolute atomic E-state index is 0.0826. The molecule has 1 N–H and O–H groups in total. The molecule has 0 radical (unpaired) electrons. The number of aliphatic hydroxyl groups is 1. The van der Waals surface area contributed by atoms with Crippen LogP contribution in [0.1, 0.15) is 12.5 Å². The highest BCUT2D eigenvalue weighted by molar-refractivity contribution is 5.80. The van der Waals surface area contributed by atoms with Crippen molar-refractivity contribution in [3.05, 3.63) is 33.9 Å². The first-order valence-corrected chi connectivity index (χ1v) is 6.87. The van der Waals surface area contributed by atoms with E-state index < -0.39 is 11.0 Å². The molecule has 21 heavy (non-hydrogen) atoms. The second-order valence-electron chi connectivity index (χ2n) is 5.22. The molecule has 1 aromatic rings.